The first-order valence-electron chi connectivity index (χ1n) is 7.04. The number of hydrogen-bond donors (Lipinski definition) is 1. The summed E-state index contributed by atoms with van der Waals surface area (Å²) in [7, 11) is 0. The zero-order valence-corrected chi connectivity index (χ0v) is 12.9. The van der Waals surface area contributed by atoms with Crippen LogP contribution < -0.4 is 5.32 Å². The molecule has 0 aliphatic carbocycles. The molecule has 0 spiro atoms. The van der Waals surface area contributed by atoms with Gasteiger partial charge in [0.1, 0.15) is 0 Å². The molecule has 1 unspecified atom stereocenters. The minimum Gasteiger partial charge on any atom is -0.336 e. The molecule has 1 amide bonds. The van der Waals surface area contributed by atoms with Crippen molar-refractivity contribution < 1.29 is 4.79 Å². The summed E-state index contributed by atoms with van der Waals surface area (Å²) in [5.74, 6) is 0.283. The standard InChI is InChI=1S/C15H24N2OS/c1-15(2,3)16-8-6-14(18)17-9-4-5-13(17)12-7-10-19-11-12/h7,10-11,13,16H,4-6,8-9H2,1-3H3. The number of nitrogens with zero attached hydrogens (tertiary/aromatic N) is 1. The predicted molar refractivity (Wildman–Crippen MR) is 80.4 cm³/mol. The SMILES string of the molecule is CC(C)(C)NCCC(=O)N1CCCC1c1ccsc1. The Morgan fingerprint density at radius 2 is 2.32 bits per heavy atom. The van der Waals surface area contributed by atoms with Crippen LogP contribution in [0.1, 0.15) is 51.6 Å². The fourth-order valence-corrected chi connectivity index (χ4v) is 3.27. The van der Waals surface area contributed by atoms with Gasteiger partial charge in [0.05, 0.1) is 6.04 Å². The first kappa shape index (κ1) is 14.5. The summed E-state index contributed by atoms with van der Waals surface area (Å²) in [4.78, 5) is 14.4. The van der Waals surface area contributed by atoms with E-state index >= 15 is 0 Å². The van der Waals surface area contributed by atoms with Crippen molar-refractivity contribution in [3.05, 3.63) is 22.4 Å². The number of carbonyl (C=O) groups is 1. The van der Waals surface area contributed by atoms with Crippen LogP contribution in [0.3, 0.4) is 0 Å². The summed E-state index contributed by atoms with van der Waals surface area (Å²) >= 11 is 1.71. The molecule has 1 aromatic heterocycles. The van der Waals surface area contributed by atoms with Crippen LogP contribution in [-0.4, -0.2) is 29.4 Å². The van der Waals surface area contributed by atoms with E-state index < -0.39 is 0 Å². The van der Waals surface area contributed by atoms with E-state index in [1.807, 2.05) is 0 Å². The van der Waals surface area contributed by atoms with Gasteiger partial charge in [0, 0.05) is 25.0 Å². The highest BCUT2D eigenvalue weighted by molar-refractivity contribution is 7.07. The Balaban J connectivity index is 1.88. The second-order valence-electron chi connectivity index (χ2n) is 6.23. The van der Waals surface area contributed by atoms with Crippen molar-refractivity contribution in [2.45, 2.75) is 51.6 Å². The summed E-state index contributed by atoms with van der Waals surface area (Å²) in [6.45, 7) is 8.05. The monoisotopic (exact) mass is 280 g/mol. The van der Waals surface area contributed by atoms with Gasteiger partial charge in [-0.05, 0) is 56.0 Å². The largest absolute Gasteiger partial charge is 0.336 e. The Morgan fingerprint density at radius 1 is 1.53 bits per heavy atom. The molecule has 1 atom stereocenters. The highest BCUT2D eigenvalue weighted by atomic mass is 32.1. The summed E-state index contributed by atoms with van der Waals surface area (Å²) in [6, 6.07) is 2.46. The van der Waals surface area contributed by atoms with Crippen molar-refractivity contribution in [2.75, 3.05) is 13.1 Å². The van der Waals surface area contributed by atoms with Crippen molar-refractivity contribution in [3.8, 4) is 0 Å². The lowest BCUT2D eigenvalue weighted by Gasteiger charge is -2.26. The number of nitrogens with one attached hydrogen (secondary N) is 1. The molecule has 1 aliphatic heterocycles. The molecule has 106 valence electrons. The van der Waals surface area contributed by atoms with Crippen LogP contribution in [0, 0.1) is 0 Å². The molecule has 1 fully saturated rings. The molecular formula is C15H24N2OS. The average Bonchev–Trinajstić information content (AvgIpc) is 2.97. The highest BCUT2D eigenvalue weighted by Crippen LogP contribution is 2.33. The van der Waals surface area contributed by atoms with Gasteiger partial charge in [0.25, 0.3) is 0 Å². The Kier molecular flexibility index (Phi) is 4.63. The van der Waals surface area contributed by atoms with E-state index in [1.165, 1.54) is 5.56 Å². The van der Waals surface area contributed by atoms with E-state index in [-0.39, 0.29) is 11.4 Å². The van der Waals surface area contributed by atoms with Crippen molar-refractivity contribution in [1.29, 1.82) is 0 Å². The van der Waals surface area contributed by atoms with Gasteiger partial charge in [-0.3, -0.25) is 4.79 Å². The van der Waals surface area contributed by atoms with Crippen molar-refractivity contribution in [3.63, 3.8) is 0 Å². The number of carbonyl (C=O) groups excluding carboxylic acids is 1. The third kappa shape index (κ3) is 4.05. The molecule has 1 aromatic rings. The molecule has 1 N–H and O–H groups in total. The van der Waals surface area contributed by atoms with Gasteiger partial charge < -0.3 is 10.2 Å². The Morgan fingerprint density at radius 3 is 2.95 bits per heavy atom. The molecule has 1 aliphatic rings. The Labute approximate surface area is 120 Å². The van der Waals surface area contributed by atoms with Gasteiger partial charge in [0.15, 0.2) is 0 Å². The molecule has 1 saturated heterocycles. The topological polar surface area (TPSA) is 32.3 Å². The van der Waals surface area contributed by atoms with Crippen molar-refractivity contribution >= 4 is 17.2 Å². The first-order valence-corrected chi connectivity index (χ1v) is 7.98. The molecule has 3 nitrogen and oxygen atoms in total. The maximum absolute atomic E-state index is 12.3. The van der Waals surface area contributed by atoms with Crippen LogP contribution in [0.2, 0.25) is 0 Å². The van der Waals surface area contributed by atoms with Crippen LogP contribution in [0.25, 0.3) is 0 Å². The quantitative estimate of drug-likeness (QED) is 0.918. The third-order valence-corrected chi connectivity index (χ3v) is 4.20. The van der Waals surface area contributed by atoms with Gasteiger partial charge in [-0.15, -0.1) is 0 Å². The zero-order valence-electron chi connectivity index (χ0n) is 12.1. The van der Waals surface area contributed by atoms with E-state index in [1.54, 1.807) is 11.3 Å². The lowest BCUT2D eigenvalue weighted by Crippen LogP contribution is -2.39. The number of likely N-dealkylation sites (tertiary alicyclic amines) is 1. The summed E-state index contributed by atoms with van der Waals surface area (Å²) in [5, 5.41) is 7.65. The van der Waals surface area contributed by atoms with Crippen molar-refractivity contribution in [1.82, 2.24) is 10.2 Å². The number of amides is 1. The third-order valence-electron chi connectivity index (χ3n) is 3.50. The molecule has 0 radical (unpaired) electrons. The number of thiophene rings is 1. The second kappa shape index (κ2) is 6.06. The van der Waals surface area contributed by atoms with E-state index in [0.29, 0.717) is 12.5 Å². The predicted octanol–water partition coefficient (Wildman–Crippen LogP) is 3.19. The minimum absolute atomic E-state index is 0.0814. The molecule has 19 heavy (non-hydrogen) atoms. The molecule has 4 heteroatoms. The van der Waals surface area contributed by atoms with Crippen LogP contribution in [-0.2, 0) is 4.79 Å². The van der Waals surface area contributed by atoms with Gasteiger partial charge in [-0.1, -0.05) is 0 Å². The zero-order chi connectivity index (χ0) is 13.9. The maximum Gasteiger partial charge on any atom is 0.224 e. The van der Waals surface area contributed by atoms with Gasteiger partial charge in [-0.25, -0.2) is 0 Å². The smallest absolute Gasteiger partial charge is 0.224 e. The number of rotatable bonds is 4. The van der Waals surface area contributed by atoms with Crippen molar-refractivity contribution in [2.24, 2.45) is 0 Å². The molecule has 2 rings (SSSR count). The molecule has 0 bridgehead atoms. The fraction of sp³-hybridized carbons (Fsp3) is 0.667. The first-order chi connectivity index (χ1) is 8.97. The van der Waals surface area contributed by atoms with E-state index in [4.69, 9.17) is 0 Å². The molecular weight excluding hydrogens is 256 g/mol. The minimum atomic E-state index is 0.0814. The van der Waals surface area contributed by atoms with Crippen LogP contribution in [0.5, 0.6) is 0 Å². The second-order valence-corrected chi connectivity index (χ2v) is 7.01. The lowest BCUT2D eigenvalue weighted by atomic mass is 10.1. The number of hydrogen-bond acceptors (Lipinski definition) is 3. The maximum atomic E-state index is 12.3. The summed E-state index contributed by atoms with van der Waals surface area (Å²) in [5.41, 5.74) is 1.39. The van der Waals surface area contributed by atoms with E-state index in [0.717, 1.165) is 25.9 Å². The Bertz CT molecular complexity index is 408. The molecule has 0 saturated carbocycles. The van der Waals surface area contributed by atoms with E-state index in [2.05, 4.69) is 47.8 Å². The normalized spacial score (nSPS) is 19.9. The fourth-order valence-electron chi connectivity index (χ4n) is 2.56. The molecule has 0 aromatic carbocycles. The van der Waals surface area contributed by atoms with Gasteiger partial charge in [0.2, 0.25) is 5.91 Å². The van der Waals surface area contributed by atoms with E-state index in [9.17, 15) is 4.79 Å². The van der Waals surface area contributed by atoms with Crippen LogP contribution >= 0.6 is 11.3 Å². The van der Waals surface area contributed by atoms with Crippen LogP contribution in [0.4, 0.5) is 0 Å². The summed E-state index contributed by atoms with van der Waals surface area (Å²) in [6.07, 6.45) is 2.83. The van der Waals surface area contributed by atoms with Crippen LogP contribution in [0.15, 0.2) is 16.8 Å². The summed E-state index contributed by atoms with van der Waals surface area (Å²) < 4.78 is 0. The Hall–Kier alpha value is -0.870. The highest BCUT2D eigenvalue weighted by Gasteiger charge is 2.29. The van der Waals surface area contributed by atoms with Gasteiger partial charge >= 0.3 is 0 Å². The molecule has 2 heterocycles. The average molecular weight is 280 g/mol. The lowest BCUT2D eigenvalue weighted by molar-refractivity contribution is -0.132. The van der Waals surface area contributed by atoms with Gasteiger partial charge in [-0.2, -0.15) is 11.3 Å².